The molecule has 0 aliphatic rings. The molecule has 30 heavy (non-hydrogen) atoms. The summed E-state index contributed by atoms with van der Waals surface area (Å²) in [5.74, 6) is 2.48. The zero-order valence-electron chi connectivity index (χ0n) is 17.3. The van der Waals surface area contributed by atoms with E-state index in [0.29, 0.717) is 0 Å². The largest absolute Gasteiger partial charge is 0.359 e. The molecule has 0 fully saturated rings. The summed E-state index contributed by atoms with van der Waals surface area (Å²) in [5, 5.41) is 0. The zero-order valence-corrected chi connectivity index (χ0v) is 17.3. The van der Waals surface area contributed by atoms with Crippen LogP contribution >= 0.6 is 0 Å². The Balaban J connectivity index is 1.66. The van der Waals surface area contributed by atoms with Crippen LogP contribution in [0.15, 0.2) is 91.3 Å². The molecule has 0 unspecified atom stereocenters. The molecule has 0 saturated heterocycles. The Morgan fingerprint density at radius 1 is 0.733 bits per heavy atom. The summed E-state index contributed by atoms with van der Waals surface area (Å²) in [6, 6.07) is 26.5. The van der Waals surface area contributed by atoms with Gasteiger partial charge in [-0.15, -0.1) is 0 Å². The highest BCUT2D eigenvalue weighted by molar-refractivity contribution is 5.66. The van der Waals surface area contributed by atoms with E-state index < -0.39 is 0 Å². The number of para-hydroxylation sites is 1. The average Bonchev–Trinajstić information content (AvgIpc) is 2.83. The first-order chi connectivity index (χ1) is 14.7. The lowest BCUT2D eigenvalue weighted by atomic mass is 10.2. The van der Waals surface area contributed by atoms with E-state index in [1.54, 1.807) is 0 Å². The van der Waals surface area contributed by atoms with Crippen LogP contribution in [-0.2, 0) is 6.42 Å². The van der Waals surface area contributed by atoms with Gasteiger partial charge in [-0.05, 0) is 36.2 Å². The van der Waals surface area contributed by atoms with Crippen LogP contribution in [0.5, 0.6) is 0 Å². The van der Waals surface area contributed by atoms with Gasteiger partial charge in [0.05, 0.1) is 0 Å². The molecule has 0 aliphatic heterocycles. The van der Waals surface area contributed by atoms with Gasteiger partial charge in [0.15, 0.2) is 5.82 Å². The van der Waals surface area contributed by atoms with Crippen molar-refractivity contribution in [3.05, 3.63) is 96.8 Å². The minimum atomic E-state index is 0.724. The van der Waals surface area contributed by atoms with E-state index in [4.69, 9.17) is 9.97 Å². The quantitative estimate of drug-likeness (QED) is 0.441. The van der Waals surface area contributed by atoms with E-state index in [1.807, 2.05) is 74.0 Å². The summed E-state index contributed by atoms with van der Waals surface area (Å²) in [7, 11) is 4.11. The van der Waals surface area contributed by atoms with Gasteiger partial charge >= 0.3 is 0 Å². The number of hydrogen-bond acceptors (Lipinski definition) is 5. The molecule has 150 valence electrons. The van der Waals surface area contributed by atoms with Gasteiger partial charge in [-0.25, -0.2) is 9.97 Å². The van der Waals surface area contributed by atoms with Crippen LogP contribution in [-0.4, -0.2) is 35.6 Å². The third-order valence-electron chi connectivity index (χ3n) is 5.09. The van der Waals surface area contributed by atoms with E-state index in [-0.39, 0.29) is 0 Å². The van der Waals surface area contributed by atoms with Crippen LogP contribution in [0.2, 0.25) is 0 Å². The number of aromatic nitrogens is 3. The SMILES string of the molecule is CN(CCc1ccncc1)c1cc(N(C)c2ccccc2)nc(-c2ccccc2)n1. The molecule has 0 amide bonds. The van der Waals surface area contributed by atoms with Gasteiger partial charge in [-0.2, -0.15) is 0 Å². The molecule has 0 saturated carbocycles. The van der Waals surface area contributed by atoms with Crippen molar-refractivity contribution in [3.8, 4) is 11.4 Å². The number of pyridine rings is 1. The third kappa shape index (κ3) is 4.63. The fourth-order valence-corrected chi connectivity index (χ4v) is 3.25. The number of hydrogen-bond donors (Lipinski definition) is 0. The van der Waals surface area contributed by atoms with Crippen LogP contribution in [0.3, 0.4) is 0 Å². The lowest BCUT2D eigenvalue weighted by molar-refractivity contribution is 0.854. The molecule has 0 N–H and O–H groups in total. The van der Waals surface area contributed by atoms with Crippen LogP contribution in [0, 0.1) is 0 Å². The van der Waals surface area contributed by atoms with Gasteiger partial charge in [0.2, 0.25) is 0 Å². The second kappa shape index (κ2) is 9.18. The predicted molar refractivity (Wildman–Crippen MR) is 123 cm³/mol. The smallest absolute Gasteiger partial charge is 0.163 e. The van der Waals surface area contributed by atoms with Crippen molar-refractivity contribution in [2.45, 2.75) is 6.42 Å². The standard InChI is InChI=1S/C25H25N5/c1-29(18-15-20-13-16-26-17-14-20)23-19-24(30(2)22-11-7-4-8-12-22)28-25(27-23)21-9-5-3-6-10-21/h3-14,16-17,19H,15,18H2,1-2H3. The molecule has 2 aromatic heterocycles. The Hall–Kier alpha value is -3.73. The Kier molecular flexibility index (Phi) is 5.99. The highest BCUT2D eigenvalue weighted by atomic mass is 15.2. The molecule has 0 atom stereocenters. The van der Waals surface area contributed by atoms with Crippen LogP contribution in [0.4, 0.5) is 17.3 Å². The Labute approximate surface area is 177 Å². The van der Waals surface area contributed by atoms with Crippen molar-refractivity contribution < 1.29 is 0 Å². The zero-order chi connectivity index (χ0) is 20.8. The van der Waals surface area contributed by atoms with Gasteiger partial charge in [-0.3, -0.25) is 4.98 Å². The summed E-state index contributed by atoms with van der Waals surface area (Å²) < 4.78 is 0. The van der Waals surface area contributed by atoms with Crippen LogP contribution < -0.4 is 9.80 Å². The number of rotatable bonds is 7. The number of nitrogens with zero attached hydrogens (tertiary/aromatic N) is 5. The van der Waals surface area contributed by atoms with Crippen molar-refractivity contribution in [2.24, 2.45) is 0 Å². The maximum Gasteiger partial charge on any atom is 0.163 e. The Morgan fingerprint density at radius 3 is 2.07 bits per heavy atom. The molecule has 5 heteroatoms. The number of likely N-dealkylation sites (N-methyl/N-ethyl adjacent to an activating group) is 1. The first kappa shape index (κ1) is 19.6. The Morgan fingerprint density at radius 2 is 1.37 bits per heavy atom. The van der Waals surface area contributed by atoms with Gasteiger partial charge in [0.25, 0.3) is 0 Å². The summed E-state index contributed by atoms with van der Waals surface area (Å²) in [4.78, 5) is 18.1. The highest BCUT2D eigenvalue weighted by Crippen LogP contribution is 2.27. The normalized spacial score (nSPS) is 10.6. The summed E-state index contributed by atoms with van der Waals surface area (Å²) in [6.45, 7) is 0.851. The van der Waals surface area contributed by atoms with Crippen molar-refractivity contribution in [1.82, 2.24) is 15.0 Å². The second-order valence-corrected chi connectivity index (χ2v) is 7.20. The first-order valence-corrected chi connectivity index (χ1v) is 10.0. The van der Waals surface area contributed by atoms with E-state index in [9.17, 15) is 0 Å². The maximum atomic E-state index is 4.87. The third-order valence-corrected chi connectivity index (χ3v) is 5.09. The Bertz CT molecular complexity index is 1070. The molecule has 0 radical (unpaired) electrons. The molecule has 2 aromatic carbocycles. The van der Waals surface area contributed by atoms with E-state index in [0.717, 1.165) is 41.7 Å². The van der Waals surface area contributed by atoms with Gasteiger partial charge in [-0.1, -0.05) is 48.5 Å². The van der Waals surface area contributed by atoms with Gasteiger partial charge in [0, 0.05) is 50.4 Å². The summed E-state index contributed by atoms with van der Waals surface area (Å²) in [5.41, 5.74) is 3.35. The molecular weight excluding hydrogens is 370 g/mol. The monoisotopic (exact) mass is 395 g/mol. The highest BCUT2D eigenvalue weighted by Gasteiger charge is 2.14. The number of benzene rings is 2. The van der Waals surface area contributed by atoms with Crippen LogP contribution in [0.1, 0.15) is 5.56 Å². The maximum absolute atomic E-state index is 4.87. The molecule has 0 bridgehead atoms. The minimum Gasteiger partial charge on any atom is -0.359 e. The molecule has 4 aromatic rings. The van der Waals surface area contributed by atoms with Crippen molar-refractivity contribution in [1.29, 1.82) is 0 Å². The van der Waals surface area contributed by atoms with Crippen molar-refractivity contribution >= 4 is 17.3 Å². The summed E-state index contributed by atoms with van der Waals surface area (Å²) >= 11 is 0. The van der Waals surface area contributed by atoms with E-state index in [2.05, 4.69) is 46.1 Å². The molecule has 2 heterocycles. The lowest BCUT2D eigenvalue weighted by Gasteiger charge is -2.23. The number of anilines is 3. The van der Waals surface area contributed by atoms with E-state index >= 15 is 0 Å². The average molecular weight is 396 g/mol. The molecule has 0 spiro atoms. The van der Waals surface area contributed by atoms with Crippen molar-refractivity contribution in [3.63, 3.8) is 0 Å². The summed E-state index contributed by atoms with van der Waals surface area (Å²) in [6.07, 6.45) is 4.59. The topological polar surface area (TPSA) is 45.2 Å². The molecule has 4 rings (SSSR count). The van der Waals surface area contributed by atoms with Crippen molar-refractivity contribution in [2.75, 3.05) is 30.4 Å². The molecule has 5 nitrogen and oxygen atoms in total. The second-order valence-electron chi connectivity index (χ2n) is 7.20. The first-order valence-electron chi connectivity index (χ1n) is 10.0. The fraction of sp³-hybridized carbons (Fsp3) is 0.160. The predicted octanol–water partition coefficient (Wildman–Crippen LogP) is 4.99. The lowest BCUT2D eigenvalue weighted by Crippen LogP contribution is -2.23. The van der Waals surface area contributed by atoms with Crippen LogP contribution in [0.25, 0.3) is 11.4 Å². The van der Waals surface area contributed by atoms with Gasteiger partial charge in [0.1, 0.15) is 11.6 Å². The molecular formula is C25H25N5. The molecule has 0 aliphatic carbocycles. The minimum absolute atomic E-state index is 0.724. The fourth-order valence-electron chi connectivity index (χ4n) is 3.25. The van der Waals surface area contributed by atoms with E-state index in [1.165, 1.54) is 5.56 Å². The van der Waals surface area contributed by atoms with Gasteiger partial charge < -0.3 is 9.80 Å².